The van der Waals surface area contributed by atoms with E-state index in [0.717, 1.165) is 0 Å². The van der Waals surface area contributed by atoms with Crippen LogP contribution in [0, 0.1) is 0 Å². The van der Waals surface area contributed by atoms with E-state index in [-0.39, 0.29) is 14.5 Å². The molecule has 0 fully saturated rings. The Hall–Kier alpha value is -0.671. The van der Waals surface area contributed by atoms with Gasteiger partial charge in [0.2, 0.25) is 0 Å². The van der Waals surface area contributed by atoms with E-state index in [0.29, 0.717) is 11.1 Å². The Morgan fingerprint density at radius 1 is 1.88 bits per heavy atom. The summed E-state index contributed by atoms with van der Waals surface area (Å²) >= 11 is 0.154. The fourth-order valence-corrected chi connectivity index (χ4v) is 1.14. The van der Waals surface area contributed by atoms with Crippen molar-refractivity contribution in [1.29, 1.82) is 0 Å². The van der Waals surface area contributed by atoms with Crippen molar-refractivity contribution in [2.45, 2.75) is 0 Å². The van der Waals surface area contributed by atoms with Gasteiger partial charge in [-0.25, -0.2) is 0 Å². The van der Waals surface area contributed by atoms with E-state index in [4.69, 9.17) is 0 Å². The number of nitrogens with one attached hydrogen (secondary N) is 1. The molecule has 0 bridgehead atoms. The first kappa shape index (κ1) is 5.47. The third-order valence-corrected chi connectivity index (χ3v) is 1.85. The zero-order valence-corrected chi connectivity index (χ0v) is 5.58. The van der Waals surface area contributed by atoms with Crippen molar-refractivity contribution in [3.05, 3.63) is 5.07 Å². The van der Waals surface area contributed by atoms with Crippen LogP contribution in [0.5, 0.6) is 0 Å². The van der Waals surface area contributed by atoms with E-state index in [2.05, 4.69) is 15.5 Å². The van der Waals surface area contributed by atoms with Crippen molar-refractivity contribution >= 4 is 25.6 Å². The molecule has 1 rings (SSSR count). The van der Waals surface area contributed by atoms with Gasteiger partial charge in [-0.05, 0) is 0 Å². The van der Waals surface area contributed by atoms with Gasteiger partial charge >= 0.3 is 51.0 Å². The van der Waals surface area contributed by atoms with Gasteiger partial charge in [0.05, 0.1) is 0 Å². The average molecular weight is 176 g/mol. The molecule has 0 saturated heterocycles. The van der Waals surface area contributed by atoms with E-state index in [1.807, 2.05) is 0 Å². The molecule has 0 aliphatic carbocycles. The van der Waals surface area contributed by atoms with Gasteiger partial charge in [-0.3, -0.25) is 0 Å². The molecule has 0 saturated carbocycles. The van der Waals surface area contributed by atoms with Crippen LogP contribution in [0.4, 0.5) is 4.69 Å². The van der Waals surface area contributed by atoms with Crippen LogP contribution in [0.1, 0.15) is 0 Å². The summed E-state index contributed by atoms with van der Waals surface area (Å²) in [4.78, 5) is 9.72. The number of anilines is 1. The summed E-state index contributed by atoms with van der Waals surface area (Å²) in [5.41, 5.74) is 0. The number of hydrogen-bond donors (Lipinski definition) is 1. The molecule has 1 amide bonds. The predicted octanol–water partition coefficient (Wildman–Crippen LogP) is -0.898. The molecule has 0 atom stereocenters. The van der Waals surface area contributed by atoms with Crippen molar-refractivity contribution in [3.63, 3.8) is 0 Å². The first-order chi connectivity index (χ1) is 3.93. The Balaban J connectivity index is 2.62. The van der Waals surface area contributed by atoms with Crippen molar-refractivity contribution < 1.29 is 4.79 Å². The Bertz CT molecular complexity index is 161. The summed E-state index contributed by atoms with van der Waals surface area (Å²) in [6.45, 7) is 0. The molecule has 0 unspecified atom stereocenters. The topological polar surface area (TPSA) is 54.9 Å². The molecule has 0 spiro atoms. The quantitative estimate of drug-likeness (QED) is 0.469. The van der Waals surface area contributed by atoms with Crippen LogP contribution in [0.25, 0.3) is 0 Å². The minimum absolute atomic E-state index is 0.154. The van der Waals surface area contributed by atoms with E-state index in [1.54, 1.807) is 5.07 Å². The summed E-state index contributed by atoms with van der Waals surface area (Å²) < 4.78 is 0.674. The van der Waals surface area contributed by atoms with Crippen LogP contribution in [0.3, 0.4) is 0 Å². The Labute approximate surface area is 51.7 Å². The zero-order chi connectivity index (χ0) is 5.82. The molecule has 42 valence electrons. The fraction of sp³-hybridized carbons (Fsp3) is 0. The number of nitrogens with zero attached hydrogens (tertiary/aromatic N) is 2. The molecule has 1 N–H and O–H groups in total. The van der Waals surface area contributed by atoms with Gasteiger partial charge in [-0.15, -0.1) is 0 Å². The summed E-state index contributed by atoms with van der Waals surface area (Å²) in [5, 5.41) is 11.3. The Morgan fingerprint density at radius 2 is 2.75 bits per heavy atom. The third-order valence-electron chi connectivity index (χ3n) is 0.542. The van der Waals surface area contributed by atoms with Gasteiger partial charge in [-0.1, -0.05) is 0 Å². The second-order valence-corrected chi connectivity index (χ2v) is 2.75. The van der Waals surface area contributed by atoms with Gasteiger partial charge < -0.3 is 0 Å². The normalized spacial score (nSPS) is 8.50. The second kappa shape index (κ2) is 2.59. The third kappa shape index (κ3) is 1.15. The van der Waals surface area contributed by atoms with Crippen molar-refractivity contribution in [1.82, 2.24) is 10.2 Å². The maximum absolute atomic E-state index is 9.72. The number of aromatic nitrogens is 2. The molecule has 1 heterocycles. The van der Waals surface area contributed by atoms with Crippen molar-refractivity contribution in [2.24, 2.45) is 0 Å². The van der Waals surface area contributed by atoms with Crippen LogP contribution < -0.4 is 5.32 Å². The van der Waals surface area contributed by atoms with Crippen LogP contribution in [0.2, 0.25) is 0 Å². The van der Waals surface area contributed by atoms with Crippen molar-refractivity contribution in [3.8, 4) is 0 Å². The summed E-state index contributed by atoms with van der Waals surface area (Å²) in [6.07, 6.45) is 0.606. The monoisotopic (exact) mass is 177 g/mol. The van der Waals surface area contributed by atoms with Gasteiger partial charge in [0.25, 0.3) is 0 Å². The molecule has 0 radical (unpaired) electrons. The van der Waals surface area contributed by atoms with Gasteiger partial charge in [-0.2, -0.15) is 0 Å². The van der Waals surface area contributed by atoms with Crippen LogP contribution in [-0.4, -0.2) is 31.1 Å². The molecule has 0 aliphatic rings. The Morgan fingerprint density at radius 3 is 3.25 bits per heavy atom. The van der Waals surface area contributed by atoms with Gasteiger partial charge in [0, 0.05) is 0 Å². The van der Waals surface area contributed by atoms with Crippen LogP contribution >= 0.6 is 0 Å². The summed E-state index contributed by atoms with van der Waals surface area (Å²) in [7, 11) is 0. The molecule has 0 aliphatic heterocycles. The standard InChI is InChI=1S/C3H3N3OSe/c7-1-4-3-6-5-2-8-3/h1-2H,(H,4,6,7). The van der Waals surface area contributed by atoms with Crippen LogP contribution in [-0.2, 0) is 4.79 Å². The van der Waals surface area contributed by atoms with E-state index >= 15 is 0 Å². The number of carbonyl (C=O) groups is 1. The second-order valence-electron chi connectivity index (χ2n) is 1.01. The SMILES string of the molecule is O=CNc1nnc[se]1. The number of hydrogen-bond acceptors (Lipinski definition) is 3. The van der Waals surface area contributed by atoms with Gasteiger partial charge in [0.15, 0.2) is 0 Å². The van der Waals surface area contributed by atoms with E-state index in [1.165, 1.54) is 0 Å². The first-order valence-corrected chi connectivity index (χ1v) is 3.74. The molecule has 1 aromatic heterocycles. The predicted molar refractivity (Wildman–Crippen MR) is 28.7 cm³/mol. The number of carbonyl (C=O) groups excluding carboxylic acids is 1. The molecule has 8 heavy (non-hydrogen) atoms. The van der Waals surface area contributed by atoms with Crippen LogP contribution in [0.15, 0.2) is 5.07 Å². The molecule has 1 aromatic rings. The molecular formula is C3H3N3OSe. The Kier molecular flexibility index (Phi) is 1.77. The van der Waals surface area contributed by atoms with Crippen molar-refractivity contribution in [2.75, 3.05) is 5.32 Å². The molecule has 4 nitrogen and oxygen atoms in total. The van der Waals surface area contributed by atoms with E-state index < -0.39 is 0 Å². The summed E-state index contributed by atoms with van der Waals surface area (Å²) in [5.74, 6) is 0. The van der Waals surface area contributed by atoms with Gasteiger partial charge in [0.1, 0.15) is 0 Å². The number of rotatable bonds is 2. The fourth-order valence-electron chi connectivity index (χ4n) is 0.286. The average Bonchev–Trinajstić information content (AvgIpc) is 2.19. The first-order valence-electron chi connectivity index (χ1n) is 1.90. The molecule has 5 heteroatoms. The number of amides is 1. The van der Waals surface area contributed by atoms with E-state index in [9.17, 15) is 4.79 Å². The minimum atomic E-state index is 0.154. The molecule has 0 aromatic carbocycles. The molecular weight excluding hydrogens is 173 g/mol. The maximum atomic E-state index is 9.72. The zero-order valence-electron chi connectivity index (χ0n) is 3.87. The summed E-state index contributed by atoms with van der Waals surface area (Å²) in [6, 6.07) is 0.